The van der Waals surface area contributed by atoms with E-state index < -0.39 is 23.1 Å². The SMILES string of the molecule is COc1c(OC(F)(F)F)cnc(C)c1C(=O)Cl. The average molecular weight is 270 g/mol. The quantitative estimate of drug-likeness (QED) is 0.792. The number of aryl methyl sites for hydroxylation is 1. The second kappa shape index (κ2) is 4.79. The van der Waals surface area contributed by atoms with Crippen LogP contribution in [0.3, 0.4) is 0 Å². The van der Waals surface area contributed by atoms with Crippen molar-refractivity contribution in [3.8, 4) is 11.5 Å². The number of nitrogens with zero attached hydrogens (tertiary/aromatic N) is 1. The van der Waals surface area contributed by atoms with Crippen molar-refractivity contribution in [2.75, 3.05) is 7.11 Å². The van der Waals surface area contributed by atoms with Gasteiger partial charge in [-0.2, -0.15) is 0 Å². The van der Waals surface area contributed by atoms with E-state index in [1.807, 2.05) is 0 Å². The van der Waals surface area contributed by atoms with Crippen LogP contribution in [0.15, 0.2) is 6.20 Å². The number of hydrogen-bond acceptors (Lipinski definition) is 4. The Morgan fingerprint density at radius 3 is 2.47 bits per heavy atom. The highest BCUT2D eigenvalue weighted by molar-refractivity contribution is 6.68. The van der Waals surface area contributed by atoms with Crippen molar-refractivity contribution >= 4 is 16.8 Å². The van der Waals surface area contributed by atoms with Crippen LogP contribution in [0.2, 0.25) is 0 Å². The molecule has 1 aromatic rings. The molecule has 0 spiro atoms. The third kappa shape index (κ3) is 3.23. The molecule has 0 aromatic carbocycles. The molecule has 0 N–H and O–H groups in total. The number of carbonyl (C=O) groups excluding carboxylic acids is 1. The molecule has 17 heavy (non-hydrogen) atoms. The molecule has 0 amide bonds. The molecule has 0 saturated carbocycles. The molecule has 0 unspecified atom stereocenters. The van der Waals surface area contributed by atoms with Crippen LogP contribution >= 0.6 is 11.6 Å². The second-order valence-corrected chi connectivity index (χ2v) is 3.28. The lowest BCUT2D eigenvalue weighted by Crippen LogP contribution is -2.18. The van der Waals surface area contributed by atoms with Gasteiger partial charge in [-0.05, 0) is 18.5 Å². The van der Waals surface area contributed by atoms with E-state index in [2.05, 4.69) is 9.72 Å². The van der Waals surface area contributed by atoms with Gasteiger partial charge < -0.3 is 9.47 Å². The molecule has 1 heterocycles. The molecule has 8 heteroatoms. The number of aromatic nitrogens is 1. The molecule has 0 aliphatic carbocycles. The van der Waals surface area contributed by atoms with Gasteiger partial charge in [-0.1, -0.05) is 0 Å². The first kappa shape index (κ1) is 13.6. The summed E-state index contributed by atoms with van der Waals surface area (Å²) in [5.41, 5.74) is -0.104. The molecule has 0 aliphatic rings. The first-order chi connectivity index (χ1) is 7.76. The lowest BCUT2D eigenvalue weighted by atomic mass is 10.2. The van der Waals surface area contributed by atoms with Gasteiger partial charge in [-0.3, -0.25) is 9.78 Å². The van der Waals surface area contributed by atoms with Crippen LogP contribution in [0.25, 0.3) is 0 Å². The van der Waals surface area contributed by atoms with E-state index in [9.17, 15) is 18.0 Å². The number of halogens is 4. The van der Waals surface area contributed by atoms with E-state index in [0.29, 0.717) is 0 Å². The van der Waals surface area contributed by atoms with Crippen LogP contribution in [-0.2, 0) is 0 Å². The number of ether oxygens (including phenoxy) is 2. The van der Waals surface area contributed by atoms with E-state index in [4.69, 9.17) is 16.3 Å². The minimum absolute atomic E-state index is 0.149. The Hall–Kier alpha value is -1.50. The van der Waals surface area contributed by atoms with E-state index >= 15 is 0 Å². The van der Waals surface area contributed by atoms with Gasteiger partial charge in [0.15, 0.2) is 11.5 Å². The standard InChI is InChI=1S/C9H7ClF3NO3/c1-4-6(8(10)15)7(16-2)5(3-14-4)17-9(11,12)13/h3H,1-2H3. The minimum Gasteiger partial charge on any atom is -0.492 e. The second-order valence-electron chi connectivity index (χ2n) is 2.94. The number of methoxy groups -OCH3 is 1. The summed E-state index contributed by atoms with van der Waals surface area (Å²) in [6.07, 6.45) is -4.10. The predicted molar refractivity (Wildman–Crippen MR) is 52.4 cm³/mol. The van der Waals surface area contributed by atoms with Gasteiger partial charge in [0.25, 0.3) is 5.24 Å². The molecular weight excluding hydrogens is 263 g/mol. The highest BCUT2D eigenvalue weighted by atomic mass is 35.5. The summed E-state index contributed by atoms with van der Waals surface area (Å²) in [5, 5.41) is -0.973. The number of carbonyl (C=O) groups is 1. The van der Waals surface area contributed by atoms with Crippen LogP contribution < -0.4 is 9.47 Å². The minimum atomic E-state index is -4.91. The predicted octanol–water partition coefficient (Wildman–Crippen LogP) is 2.68. The highest BCUT2D eigenvalue weighted by Crippen LogP contribution is 2.36. The maximum absolute atomic E-state index is 12.1. The van der Waals surface area contributed by atoms with Gasteiger partial charge in [-0.25, -0.2) is 0 Å². The Balaban J connectivity index is 3.33. The molecule has 0 bridgehead atoms. The van der Waals surface area contributed by atoms with Gasteiger partial charge in [0, 0.05) is 0 Å². The summed E-state index contributed by atoms with van der Waals surface area (Å²) in [6, 6.07) is 0. The maximum atomic E-state index is 12.1. The van der Waals surface area contributed by atoms with Gasteiger partial charge in [-0.15, -0.1) is 13.2 Å². The normalized spacial score (nSPS) is 11.2. The molecule has 1 rings (SSSR count). The van der Waals surface area contributed by atoms with E-state index in [-0.39, 0.29) is 11.3 Å². The van der Waals surface area contributed by atoms with Crippen molar-refractivity contribution in [1.82, 2.24) is 4.98 Å². The van der Waals surface area contributed by atoms with E-state index in [1.54, 1.807) is 0 Å². The lowest BCUT2D eigenvalue weighted by molar-refractivity contribution is -0.275. The fourth-order valence-electron chi connectivity index (χ4n) is 1.20. The Kier molecular flexibility index (Phi) is 3.82. The molecule has 0 aliphatic heterocycles. The Labute approximate surface area is 99.3 Å². The topological polar surface area (TPSA) is 48.4 Å². The summed E-state index contributed by atoms with van der Waals surface area (Å²) >= 11 is 5.24. The summed E-state index contributed by atoms with van der Waals surface area (Å²) < 4.78 is 44.6. The van der Waals surface area contributed by atoms with Crippen LogP contribution in [0.1, 0.15) is 16.1 Å². The number of alkyl halides is 3. The third-order valence-electron chi connectivity index (χ3n) is 1.81. The van der Waals surface area contributed by atoms with Gasteiger partial charge in [0.2, 0.25) is 0 Å². The van der Waals surface area contributed by atoms with Gasteiger partial charge >= 0.3 is 6.36 Å². The first-order valence-electron chi connectivity index (χ1n) is 4.25. The van der Waals surface area contributed by atoms with Gasteiger partial charge in [0.1, 0.15) is 5.56 Å². The highest BCUT2D eigenvalue weighted by Gasteiger charge is 2.34. The first-order valence-corrected chi connectivity index (χ1v) is 4.63. The fraction of sp³-hybridized carbons (Fsp3) is 0.333. The van der Waals surface area contributed by atoms with E-state index in [1.165, 1.54) is 6.92 Å². The summed E-state index contributed by atoms with van der Waals surface area (Å²) in [5.74, 6) is -1.11. The van der Waals surface area contributed by atoms with Crippen LogP contribution in [0.5, 0.6) is 11.5 Å². The smallest absolute Gasteiger partial charge is 0.492 e. The number of pyridine rings is 1. The molecule has 4 nitrogen and oxygen atoms in total. The fourth-order valence-corrected chi connectivity index (χ4v) is 1.42. The molecule has 0 atom stereocenters. The summed E-state index contributed by atoms with van der Waals surface area (Å²) in [6.45, 7) is 1.41. The average Bonchev–Trinajstić information content (AvgIpc) is 2.17. The van der Waals surface area contributed by atoms with Crippen molar-refractivity contribution in [2.45, 2.75) is 13.3 Å². The Morgan fingerprint density at radius 2 is 2.06 bits per heavy atom. The number of rotatable bonds is 3. The van der Waals surface area contributed by atoms with Crippen molar-refractivity contribution in [3.05, 3.63) is 17.5 Å². The third-order valence-corrected chi connectivity index (χ3v) is 2.00. The van der Waals surface area contributed by atoms with Crippen molar-refractivity contribution < 1.29 is 27.4 Å². The molecule has 94 valence electrons. The zero-order valence-corrected chi connectivity index (χ0v) is 9.52. The van der Waals surface area contributed by atoms with Gasteiger partial charge in [0.05, 0.1) is 19.0 Å². The summed E-state index contributed by atoms with van der Waals surface area (Å²) in [4.78, 5) is 14.7. The van der Waals surface area contributed by atoms with Crippen molar-refractivity contribution in [1.29, 1.82) is 0 Å². The van der Waals surface area contributed by atoms with E-state index in [0.717, 1.165) is 13.3 Å². The van der Waals surface area contributed by atoms with Crippen molar-refractivity contribution in [3.63, 3.8) is 0 Å². The largest absolute Gasteiger partial charge is 0.573 e. The zero-order valence-electron chi connectivity index (χ0n) is 8.76. The lowest BCUT2D eigenvalue weighted by Gasteiger charge is -2.14. The Bertz CT molecular complexity index is 448. The van der Waals surface area contributed by atoms with Crippen LogP contribution in [0.4, 0.5) is 13.2 Å². The zero-order chi connectivity index (χ0) is 13.2. The molecule has 0 saturated heterocycles. The summed E-state index contributed by atoms with van der Waals surface area (Å²) in [7, 11) is 1.10. The molecular formula is C9H7ClF3NO3. The molecule has 1 aromatic heterocycles. The maximum Gasteiger partial charge on any atom is 0.573 e. The molecule has 0 fully saturated rings. The van der Waals surface area contributed by atoms with Crippen LogP contribution in [-0.4, -0.2) is 23.7 Å². The molecule has 0 radical (unpaired) electrons. The van der Waals surface area contributed by atoms with Crippen molar-refractivity contribution in [2.24, 2.45) is 0 Å². The Morgan fingerprint density at radius 1 is 1.47 bits per heavy atom. The number of hydrogen-bond donors (Lipinski definition) is 0. The monoisotopic (exact) mass is 269 g/mol. The van der Waals surface area contributed by atoms with Crippen LogP contribution in [0, 0.1) is 6.92 Å².